The number of rotatable bonds is 3. The summed E-state index contributed by atoms with van der Waals surface area (Å²) in [4.78, 5) is 9.14. The Morgan fingerprint density at radius 1 is 1.13 bits per heavy atom. The molecule has 3 rings (SSSR count). The molecule has 1 aromatic heterocycles. The molecule has 1 aliphatic rings. The van der Waals surface area contributed by atoms with Crippen LogP contribution in [0.5, 0.6) is 0 Å². The minimum atomic E-state index is 0.424. The maximum Gasteiger partial charge on any atom is 0.193 e. The van der Waals surface area contributed by atoms with Gasteiger partial charge in [-0.2, -0.15) is 0 Å². The van der Waals surface area contributed by atoms with Crippen LogP contribution in [0.3, 0.4) is 0 Å². The normalized spacial score (nSPS) is 14.4. The molecule has 120 valence electrons. The van der Waals surface area contributed by atoms with E-state index in [0.29, 0.717) is 12.5 Å². The molecule has 0 unspecified atom stereocenters. The number of benzene rings is 1. The van der Waals surface area contributed by atoms with E-state index in [1.807, 2.05) is 6.07 Å². The summed E-state index contributed by atoms with van der Waals surface area (Å²) in [5.41, 5.74) is 13.1. The van der Waals surface area contributed by atoms with Crippen LogP contribution in [0.1, 0.15) is 40.9 Å². The van der Waals surface area contributed by atoms with Crippen molar-refractivity contribution >= 4 is 11.6 Å². The highest BCUT2D eigenvalue weighted by molar-refractivity contribution is 5.92. The van der Waals surface area contributed by atoms with Crippen molar-refractivity contribution in [3.8, 4) is 0 Å². The number of nitrogens with one attached hydrogen (secondary N) is 1. The molecule has 4 heteroatoms. The van der Waals surface area contributed by atoms with Crippen molar-refractivity contribution in [2.24, 2.45) is 10.7 Å². The van der Waals surface area contributed by atoms with Gasteiger partial charge in [0.25, 0.3) is 0 Å². The first-order chi connectivity index (χ1) is 11.1. The quantitative estimate of drug-likeness (QED) is 0.674. The second-order valence-corrected chi connectivity index (χ2v) is 6.24. The van der Waals surface area contributed by atoms with Crippen molar-refractivity contribution in [3.63, 3.8) is 0 Å². The van der Waals surface area contributed by atoms with E-state index in [2.05, 4.69) is 48.4 Å². The number of guanidine groups is 1. The molecule has 1 aliphatic carbocycles. The van der Waals surface area contributed by atoms with Gasteiger partial charge in [0.05, 0.1) is 12.2 Å². The molecule has 1 aromatic carbocycles. The molecule has 2 aromatic rings. The molecule has 0 bridgehead atoms. The molecule has 3 N–H and O–H groups in total. The van der Waals surface area contributed by atoms with Gasteiger partial charge in [-0.15, -0.1) is 0 Å². The van der Waals surface area contributed by atoms with Crippen molar-refractivity contribution in [3.05, 3.63) is 58.4 Å². The third kappa shape index (κ3) is 3.89. The fraction of sp³-hybridized carbons (Fsp3) is 0.368. The first-order valence-electron chi connectivity index (χ1n) is 8.24. The number of aliphatic imine (C=N–C) groups is 1. The van der Waals surface area contributed by atoms with E-state index in [1.165, 1.54) is 35.2 Å². The summed E-state index contributed by atoms with van der Waals surface area (Å²) in [7, 11) is 0. The largest absolute Gasteiger partial charge is 0.370 e. The predicted octanol–water partition coefficient (Wildman–Crippen LogP) is 3.50. The molecule has 0 amide bonds. The van der Waals surface area contributed by atoms with Gasteiger partial charge < -0.3 is 11.1 Å². The number of anilines is 1. The van der Waals surface area contributed by atoms with Gasteiger partial charge in [-0.25, -0.2) is 4.99 Å². The summed E-state index contributed by atoms with van der Waals surface area (Å²) in [6.45, 7) is 4.69. The highest BCUT2D eigenvalue weighted by atomic mass is 15.1. The predicted molar refractivity (Wildman–Crippen MR) is 95.7 cm³/mol. The van der Waals surface area contributed by atoms with Crippen LogP contribution in [0, 0.1) is 13.8 Å². The zero-order valence-corrected chi connectivity index (χ0v) is 13.9. The van der Waals surface area contributed by atoms with Crippen LogP contribution < -0.4 is 11.1 Å². The lowest BCUT2D eigenvalue weighted by Crippen LogP contribution is -2.22. The Morgan fingerprint density at radius 3 is 2.78 bits per heavy atom. The van der Waals surface area contributed by atoms with Crippen molar-refractivity contribution in [2.45, 2.75) is 46.1 Å². The molecule has 0 saturated heterocycles. The van der Waals surface area contributed by atoms with E-state index >= 15 is 0 Å². The van der Waals surface area contributed by atoms with E-state index in [1.54, 1.807) is 0 Å². The van der Waals surface area contributed by atoms with Gasteiger partial charge in [0.2, 0.25) is 0 Å². The Balaban J connectivity index is 1.65. The highest BCUT2D eigenvalue weighted by Crippen LogP contribution is 2.19. The number of nitrogens with zero attached hydrogens (tertiary/aromatic N) is 2. The number of hydrogen-bond acceptors (Lipinski definition) is 2. The second kappa shape index (κ2) is 6.82. The Hall–Kier alpha value is -2.36. The molecule has 4 nitrogen and oxygen atoms in total. The highest BCUT2D eigenvalue weighted by Gasteiger charge is 2.10. The Bertz CT molecular complexity index is 734. The number of hydrogen-bond donors (Lipinski definition) is 2. The van der Waals surface area contributed by atoms with Crippen molar-refractivity contribution in [1.29, 1.82) is 0 Å². The van der Waals surface area contributed by atoms with Crippen LogP contribution in [-0.4, -0.2) is 10.9 Å². The number of aromatic nitrogens is 1. The number of nitrogens with two attached hydrogens (primary N) is 1. The number of fused-ring (bicyclic) bond motifs is 1. The van der Waals surface area contributed by atoms with Gasteiger partial charge in [-0.3, -0.25) is 4.98 Å². The number of pyridine rings is 1. The summed E-state index contributed by atoms with van der Waals surface area (Å²) >= 11 is 0. The molecule has 0 saturated carbocycles. The molecule has 0 radical (unpaired) electrons. The second-order valence-electron chi connectivity index (χ2n) is 6.24. The third-order valence-corrected chi connectivity index (χ3v) is 4.43. The fourth-order valence-corrected chi connectivity index (χ4v) is 2.89. The van der Waals surface area contributed by atoms with Crippen LogP contribution in [0.15, 0.2) is 35.3 Å². The lowest BCUT2D eigenvalue weighted by Gasteiger charge is -2.15. The molecular formula is C19H24N4. The average Bonchev–Trinajstić information content (AvgIpc) is 2.56. The first-order valence-corrected chi connectivity index (χ1v) is 8.24. The van der Waals surface area contributed by atoms with Crippen LogP contribution in [0.2, 0.25) is 0 Å². The Labute approximate surface area is 137 Å². The van der Waals surface area contributed by atoms with Gasteiger partial charge in [0.15, 0.2) is 5.96 Å². The summed E-state index contributed by atoms with van der Waals surface area (Å²) in [5.74, 6) is 0.424. The minimum Gasteiger partial charge on any atom is -0.370 e. The zero-order chi connectivity index (χ0) is 16.2. The molecule has 1 heterocycles. The van der Waals surface area contributed by atoms with Gasteiger partial charge in [-0.1, -0.05) is 12.1 Å². The zero-order valence-electron chi connectivity index (χ0n) is 13.9. The van der Waals surface area contributed by atoms with Crippen molar-refractivity contribution in [1.82, 2.24) is 4.98 Å². The first kappa shape index (κ1) is 15.5. The average molecular weight is 308 g/mol. The van der Waals surface area contributed by atoms with E-state index in [-0.39, 0.29) is 0 Å². The van der Waals surface area contributed by atoms with Crippen molar-refractivity contribution in [2.75, 3.05) is 5.32 Å². The number of aryl methyl sites for hydroxylation is 4. The van der Waals surface area contributed by atoms with Gasteiger partial charge in [-0.05, 0) is 74.4 Å². The van der Waals surface area contributed by atoms with Crippen molar-refractivity contribution < 1.29 is 0 Å². The van der Waals surface area contributed by atoms with E-state index < -0.39 is 0 Å². The maximum atomic E-state index is 5.99. The fourth-order valence-electron chi connectivity index (χ4n) is 2.89. The monoisotopic (exact) mass is 308 g/mol. The van der Waals surface area contributed by atoms with Crippen LogP contribution >= 0.6 is 0 Å². The third-order valence-electron chi connectivity index (χ3n) is 4.43. The van der Waals surface area contributed by atoms with E-state index in [9.17, 15) is 0 Å². The SMILES string of the molecule is Cc1ccc(NC(N)=NCc2ccc3c(n2)CCCC3)cc1C. The molecular weight excluding hydrogens is 284 g/mol. The summed E-state index contributed by atoms with van der Waals surface area (Å²) in [6.07, 6.45) is 4.76. The molecule has 0 fully saturated rings. The summed E-state index contributed by atoms with van der Waals surface area (Å²) < 4.78 is 0. The van der Waals surface area contributed by atoms with E-state index in [4.69, 9.17) is 10.7 Å². The van der Waals surface area contributed by atoms with Crippen LogP contribution in [0.25, 0.3) is 0 Å². The lowest BCUT2D eigenvalue weighted by molar-refractivity contribution is 0.663. The van der Waals surface area contributed by atoms with Crippen LogP contribution in [0.4, 0.5) is 5.69 Å². The van der Waals surface area contributed by atoms with Gasteiger partial charge in [0.1, 0.15) is 0 Å². The maximum absolute atomic E-state index is 5.99. The van der Waals surface area contributed by atoms with Crippen LogP contribution in [-0.2, 0) is 19.4 Å². The Morgan fingerprint density at radius 2 is 1.96 bits per heavy atom. The lowest BCUT2D eigenvalue weighted by atomic mass is 9.96. The van der Waals surface area contributed by atoms with Gasteiger partial charge in [0, 0.05) is 11.4 Å². The molecule has 0 aliphatic heterocycles. The summed E-state index contributed by atoms with van der Waals surface area (Å²) in [6, 6.07) is 10.4. The topological polar surface area (TPSA) is 63.3 Å². The molecule has 0 atom stereocenters. The molecule has 23 heavy (non-hydrogen) atoms. The standard InChI is InChI=1S/C19H24N4/c1-13-7-9-16(11-14(13)2)23-19(20)21-12-17-10-8-15-5-3-4-6-18(15)22-17/h7-11H,3-6,12H2,1-2H3,(H3,20,21,23). The Kier molecular flexibility index (Phi) is 4.60. The summed E-state index contributed by atoms with van der Waals surface area (Å²) in [5, 5.41) is 3.14. The molecule has 0 spiro atoms. The van der Waals surface area contributed by atoms with E-state index in [0.717, 1.165) is 24.2 Å². The minimum absolute atomic E-state index is 0.424. The van der Waals surface area contributed by atoms with Gasteiger partial charge >= 0.3 is 0 Å². The smallest absolute Gasteiger partial charge is 0.193 e.